The molecule has 0 amide bonds. The van der Waals surface area contributed by atoms with E-state index in [0.29, 0.717) is 19.3 Å². The number of hydrogen-bond donors (Lipinski definition) is 0. The maximum absolute atomic E-state index is 5.76. The van der Waals surface area contributed by atoms with Crippen LogP contribution in [0.25, 0.3) is 0 Å². The Balaban J connectivity index is 1.28. The molecule has 2 bridgehead atoms. The van der Waals surface area contributed by atoms with Gasteiger partial charge in [0.25, 0.3) is 0 Å². The van der Waals surface area contributed by atoms with Gasteiger partial charge in [-0.25, -0.2) is 4.98 Å². The minimum atomic E-state index is 0.639. The van der Waals surface area contributed by atoms with E-state index in [2.05, 4.69) is 38.4 Å². The topological polar surface area (TPSA) is 37.8 Å². The van der Waals surface area contributed by atoms with Crippen LogP contribution in [0.1, 0.15) is 24.1 Å². The molecule has 26 heavy (non-hydrogen) atoms. The van der Waals surface area contributed by atoms with Crippen LogP contribution in [0.4, 0.5) is 0 Å². The standard InChI is InChI=1S/C20H25N3O2S/c1-3-18-12-22(11-17-13-26-14-21-17)8-16(1)10-23(18)9-15-2-4-19-20(7-15)25-6-5-24-19/h2,4,7,13-14,16,18H,1,3,5-6,8-12H2/t16-,18+/m1/s1. The Morgan fingerprint density at radius 3 is 2.85 bits per heavy atom. The van der Waals surface area contributed by atoms with Gasteiger partial charge in [-0.05, 0) is 36.5 Å². The largest absolute Gasteiger partial charge is 0.486 e. The van der Waals surface area contributed by atoms with Crippen LogP contribution in [-0.4, -0.2) is 53.7 Å². The van der Waals surface area contributed by atoms with Crippen LogP contribution in [0.3, 0.4) is 0 Å². The quantitative estimate of drug-likeness (QED) is 0.826. The van der Waals surface area contributed by atoms with Gasteiger partial charge in [0.2, 0.25) is 0 Å². The summed E-state index contributed by atoms with van der Waals surface area (Å²) < 4.78 is 11.4. The minimum absolute atomic E-state index is 0.639. The highest BCUT2D eigenvalue weighted by Gasteiger charge is 2.34. The maximum atomic E-state index is 5.76. The fourth-order valence-corrected chi connectivity index (χ4v) is 5.11. The molecule has 0 N–H and O–H groups in total. The van der Waals surface area contributed by atoms with Crippen molar-refractivity contribution in [1.82, 2.24) is 14.8 Å². The number of aromatic nitrogens is 1. The first-order chi connectivity index (χ1) is 12.8. The summed E-state index contributed by atoms with van der Waals surface area (Å²) in [4.78, 5) is 9.77. The molecule has 0 radical (unpaired) electrons. The Morgan fingerprint density at radius 2 is 1.96 bits per heavy atom. The highest BCUT2D eigenvalue weighted by Crippen LogP contribution is 2.33. The lowest BCUT2D eigenvalue weighted by Gasteiger charge is -2.36. The highest BCUT2D eigenvalue weighted by atomic mass is 32.1. The van der Waals surface area contributed by atoms with Gasteiger partial charge in [0.05, 0.1) is 11.2 Å². The summed E-state index contributed by atoms with van der Waals surface area (Å²) in [6.45, 7) is 6.85. The van der Waals surface area contributed by atoms with E-state index in [4.69, 9.17) is 9.47 Å². The number of nitrogens with zero attached hydrogens (tertiary/aromatic N) is 3. The molecule has 1 aromatic carbocycles. The molecule has 3 fully saturated rings. The minimum Gasteiger partial charge on any atom is -0.486 e. The molecule has 6 heteroatoms. The van der Waals surface area contributed by atoms with Crippen molar-refractivity contribution in [3.05, 3.63) is 40.3 Å². The summed E-state index contributed by atoms with van der Waals surface area (Å²) in [5.41, 5.74) is 4.48. The second kappa shape index (κ2) is 7.18. The third-order valence-corrected chi connectivity index (χ3v) is 6.40. The first-order valence-electron chi connectivity index (χ1n) is 9.55. The lowest BCUT2D eigenvalue weighted by molar-refractivity contribution is 0.122. The third kappa shape index (κ3) is 3.46. The molecule has 0 spiro atoms. The van der Waals surface area contributed by atoms with Gasteiger partial charge in [0, 0.05) is 44.1 Å². The van der Waals surface area contributed by atoms with Gasteiger partial charge in [-0.2, -0.15) is 0 Å². The van der Waals surface area contributed by atoms with Gasteiger partial charge in [0.15, 0.2) is 11.5 Å². The average Bonchev–Trinajstić information content (AvgIpc) is 3.02. The summed E-state index contributed by atoms with van der Waals surface area (Å²) in [6.07, 6.45) is 2.67. The van der Waals surface area contributed by atoms with Gasteiger partial charge in [-0.1, -0.05) is 6.07 Å². The van der Waals surface area contributed by atoms with Crippen molar-refractivity contribution < 1.29 is 9.47 Å². The van der Waals surface area contributed by atoms with E-state index in [-0.39, 0.29) is 0 Å². The molecule has 138 valence electrons. The van der Waals surface area contributed by atoms with E-state index >= 15 is 0 Å². The molecule has 0 aliphatic carbocycles. The van der Waals surface area contributed by atoms with Crippen LogP contribution < -0.4 is 9.47 Å². The number of ether oxygens (including phenoxy) is 2. The van der Waals surface area contributed by atoms with Crippen molar-refractivity contribution >= 4 is 11.3 Å². The van der Waals surface area contributed by atoms with Crippen molar-refractivity contribution in [3.63, 3.8) is 0 Å². The summed E-state index contributed by atoms with van der Waals surface area (Å²) in [6, 6.07) is 7.06. The number of piperidine rings is 1. The van der Waals surface area contributed by atoms with E-state index in [0.717, 1.165) is 37.1 Å². The molecular formula is C20H25N3O2S. The van der Waals surface area contributed by atoms with Gasteiger partial charge in [-0.3, -0.25) is 9.80 Å². The molecule has 0 saturated carbocycles. The summed E-state index contributed by atoms with van der Waals surface area (Å²) in [7, 11) is 0. The monoisotopic (exact) mass is 371 g/mol. The van der Waals surface area contributed by atoms with E-state index in [1.807, 2.05) is 5.51 Å². The molecule has 5 nitrogen and oxygen atoms in total. The highest BCUT2D eigenvalue weighted by molar-refractivity contribution is 7.07. The fourth-order valence-electron chi connectivity index (χ4n) is 4.56. The Kier molecular flexibility index (Phi) is 4.56. The van der Waals surface area contributed by atoms with Crippen LogP contribution >= 0.6 is 11.3 Å². The number of hydrogen-bond acceptors (Lipinski definition) is 6. The SMILES string of the molecule is c1nc(CN2C[C@H]3CC[C@@H](C2)N(Cc2ccc4c(c2)OCCO4)C3)cs1. The molecule has 4 aliphatic rings. The third-order valence-electron chi connectivity index (χ3n) is 5.76. The zero-order chi connectivity index (χ0) is 17.3. The Morgan fingerprint density at radius 1 is 1.04 bits per heavy atom. The number of rotatable bonds is 4. The van der Waals surface area contributed by atoms with E-state index in [9.17, 15) is 0 Å². The first-order valence-corrected chi connectivity index (χ1v) is 10.5. The van der Waals surface area contributed by atoms with Crippen LogP contribution in [0.5, 0.6) is 11.5 Å². The van der Waals surface area contributed by atoms with Gasteiger partial charge < -0.3 is 9.47 Å². The lowest BCUT2D eigenvalue weighted by Crippen LogP contribution is -2.43. The molecular weight excluding hydrogens is 346 g/mol. The van der Waals surface area contributed by atoms with Crippen molar-refractivity contribution in [2.45, 2.75) is 32.0 Å². The molecule has 2 atom stereocenters. The number of fused-ring (bicyclic) bond motifs is 5. The van der Waals surface area contributed by atoms with Crippen LogP contribution in [-0.2, 0) is 13.1 Å². The predicted octanol–water partition coefficient (Wildman–Crippen LogP) is 3.01. The van der Waals surface area contributed by atoms with Crippen molar-refractivity contribution in [1.29, 1.82) is 0 Å². The van der Waals surface area contributed by atoms with Crippen LogP contribution in [0.15, 0.2) is 29.1 Å². The first kappa shape index (κ1) is 16.5. The van der Waals surface area contributed by atoms with Crippen molar-refractivity contribution in [2.24, 2.45) is 5.92 Å². The number of thiazole rings is 1. The van der Waals surface area contributed by atoms with E-state index in [1.165, 1.54) is 37.2 Å². The van der Waals surface area contributed by atoms with Crippen LogP contribution in [0, 0.1) is 5.92 Å². The normalized spacial score (nSPS) is 26.0. The van der Waals surface area contributed by atoms with Crippen LogP contribution in [0.2, 0.25) is 0 Å². The van der Waals surface area contributed by atoms with Crippen molar-refractivity contribution in [2.75, 3.05) is 32.8 Å². The molecule has 1 aromatic heterocycles. The molecule has 4 aliphatic heterocycles. The zero-order valence-electron chi connectivity index (χ0n) is 15.0. The Bertz CT molecular complexity index is 752. The second-order valence-electron chi connectivity index (χ2n) is 7.68. The molecule has 0 unspecified atom stereocenters. The smallest absolute Gasteiger partial charge is 0.161 e. The zero-order valence-corrected chi connectivity index (χ0v) is 15.8. The summed E-state index contributed by atoms with van der Waals surface area (Å²) in [5, 5.41) is 2.18. The lowest BCUT2D eigenvalue weighted by atomic mass is 9.94. The maximum Gasteiger partial charge on any atom is 0.161 e. The summed E-state index contributed by atoms with van der Waals surface area (Å²) in [5.74, 6) is 2.55. The molecule has 3 saturated heterocycles. The van der Waals surface area contributed by atoms with Gasteiger partial charge in [-0.15, -0.1) is 11.3 Å². The molecule has 6 rings (SSSR count). The summed E-state index contributed by atoms with van der Waals surface area (Å²) >= 11 is 1.69. The predicted molar refractivity (Wildman–Crippen MR) is 102 cm³/mol. The van der Waals surface area contributed by atoms with E-state index < -0.39 is 0 Å². The van der Waals surface area contributed by atoms with E-state index in [1.54, 1.807) is 11.3 Å². The fraction of sp³-hybridized carbons (Fsp3) is 0.550. The Labute approximate surface area is 158 Å². The number of benzene rings is 1. The van der Waals surface area contributed by atoms with Gasteiger partial charge >= 0.3 is 0 Å². The van der Waals surface area contributed by atoms with Crippen molar-refractivity contribution in [3.8, 4) is 11.5 Å². The van der Waals surface area contributed by atoms with Gasteiger partial charge in [0.1, 0.15) is 13.2 Å². The molecule has 2 aromatic rings. The average molecular weight is 372 g/mol. The second-order valence-corrected chi connectivity index (χ2v) is 8.40. The Hall–Kier alpha value is -1.63. The molecule has 5 heterocycles.